The fourth-order valence-electron chi connectivity index (χ4n) is 2.80. The molecule has 0 aromatic heterocycles. The van der Waals surface area contributed by atoms with Crippen LogP contribution < -0.4 is 10.5 Å². The Kier molecular flexibility index (Phi) is 4.99. The second kappa shape index (κ2) is 6.53. The summed E-state index contributed by atoms with van der Waals surface area (Å²) in [5, 5.41) is 0.0509. The van der Waals surface area contributed by atoms with Crippen molar-refractivity contribution in [2.24, 2.45) is 11.7 Å². The molecule has 1 saturated carbocycles. The van der Waals surface area contributed by atoms with Crippen molar-refractivity contribution in [3.63, 3.8) is 0 Å². The zero-order valence-corrected chi connectivity index (χ0v) is 12.5. The zero-order chi connectivity index (χ0) is 13.8. The minimum absolute atomic E-state index is 0.0357. The lowest BCUT2D eigenvalue weighted by Crippen LogP contribution is -2.42. The Morgan fingerprint density at radius 3 is 2.79 bits per heavy atom. The summed E-state index contributed by atoms with van der Waals surface area (Å²) < 4.78 is 18.1. The van der Waals surface area contributed by atoms with Crippen LogP contribution in [-0.2, 0) is 10.8 Å². The van der Waals surface area contributed by atoms with Gasteiger partial charge in [0.25, 0.3) is 0 Å². The van der Waals surface area contributed by atoms with Gasteiger partial charge in [0.05, 0.1) is 28.1 Å². The minimum Gasteiger partial charge on any atom is -0.495 e. The molecule has 0 bridgehead atoms. The monoisotopic (exact) mass is 281 g/mol. The van der Waals surface area contributed by atoms with Gasteiger partial charge < -0.3 is 10.5 Å². The van der Waals surface area contributed by atoms with Crippen LogP contribution in [0, 0.1) is 5.92 Å². The third-order valence-electron chi connectivity index (χ3n) is 4.09. The molecule has 1 aromatic carbocycles. The summed E-state index contributed by atoms with van der Waals surface area (Å²) in [5.41, 5.74) is 6.19. The van der Waals surface area contributed by atoms with Crippen molar-refractivity contribution in [2.75, 3.05) is 7.11 Å². The van der Waals surface area contributed by atoms with Crippen LogP contribution in [0.15, 0.2) is 29.2 Å². The molecule has 0 saturated heterocycles. The Morgan fingerprint density at radius 1 is 1.37 bits per heavy atom. The number of para-hydroxylation sites is 1. The molecule has 4 heteroatoms. The number of benzene rings is 1. The Hall–Kier alpha value is -0.870. The van der Waals surface area contributed by atoms with E-state index in [9.17, 15) is 4.21 Å². The maximum atomic E-state index is 12.8. The summed E-state index contributed by atoms with van der Waals surface area (Å²) in [6, 6.07) is 7.58. The van der Waals surface area contributed by atoms with E-state index in [0.717, 1.165) is 30.6 Å². The van der Waals surface area contributed by atoms with E-state index in [1.165, 1.54) is 0 Å². The van der Waals surface area contributed by atoms with Crippen molar-refractivity contribution in [1.29, 1.82) is 0 Å². The highest BCUT2D eigenvalue weighted by Gasteiger charge is 2.33. The van der Waals surface area contributed by atoms with Gasteiger partial charge in [0.15, 0.2) is 0 Å². The van der Waals surface area contributed by atoms with Gasteiger partial charge in [-0.2, -0.15) is 0 Å². The molecule has 1 fully saturated rings. The molecule has 1 aliphatic carbocycles. The molecule has 4 atom stereocenters. The predicted molar refractivity (Wildman–Crippen MR) is 78.8 cm³/mol. The lowest BCUT2D eigenvalue weighted by atomic mass is 9.84. The molecule has 4 unspecified atom stereocenters. The van der Waals surface area contributed by atoms with Crippen molar-refractivity contribution in [2.45, 2.75) is 48.8 Å². The molecule has 1 aliphatic rings. The summed E-state index contributed by atoms with van der Waals surface area (Å²) >= 11 is 0. The van der Waals surface area contributed by atoms with Gasteiger partial charge in [0.1, 0.15) is 5.75 Å². The Bertz CT molecular complexity index is 450. The largest absolute Gasteiger partial charge is 0.495 e. The first-order valence-corrected chi connectivity index (χ1v) is 8.17. The predicted octanol–water partition coefficient (Wildman–Crippen LogP) is 2.71. The van der Waals surface area contributed by atoms with E-state index in [4.69, 9.17) is 10.5 Å². The SMILES string of the molecule is CCC1CCC(N)C(S(=O)c2ccccc2OC)C1. The second-order valence-corrected chi connectivity index (χ2v) is 6.88. The van der Waals surface area contributed by atoms with Gasteiger partial charge >= 0.3 is 0 Å². The molecule has 0 heterocycles. The number of ether oxygens (including phenoxy) is 1. The summed E-state index contributed by atoms with van der Waals surface area (Å²) in [6.07, 6.45) is 4.25. The van der Waals surface area contributed by atoms with E-state index >= 15 is 0 Å². The second-order valence-electron chi connectivity index (χ2n) is 5.24. The van der Waals surface area contributed by atoms with Crippen LogP contribution in [-0.4, -0.2) is 22.6 Å². The average molecular weight is 281 g/mol. The van der Waals surface area contributed by atoms with Crippen LogP contribution in [0.2, 0.25) is 0 Å². The maximum absolute atomic E-state index is 12.8. The Morgan fingerprint density at radius 2 is 2.11 bits per heavy atom. The quantitative estimate of drug-likeness (QED) is 0.923. The third kappa shape index (κ3) is 3.18. The number of hydrogen-bond donors (Lipinski definition) is 1. The van der Waals surface area contributed by atoms with Crippen LogP contribution in [0.5, 0.6) is 5.75 Å². The summed E-state index contributed by atoms with van der Waals surface area (Å²) in [4.78, 5) is 0.780. The first kappa shape index (κ1) is 14.5. The van der Waals surface area contributed by atoms with Crippen molar-refractivity contribution in [3.8, 4) is 5.75 Å². The van der Waals surface area contributed by atoms with Gasteiger partial charge in [-0.25, -0.2) is 0 Å². The van der Waals surface area contributed by atoms with E-state index in [2.05, 4.69) is 6.92 Å². The van der Waals surface area contributed by atoms with Crippen LogP contribution in [0.1, 0.15) is 32.6 Å². The Labute approximate surface area is 118 Å². The molecular formula is C15H23NO2S. The smallest absolute Gasteiger partial charge is 0.134 e. The van der Waals surface area contributed by atoms with Crippen molar-refractivity contribution in [3.05, 3.63) is 24.3 Å². The van der Waals surface area contributed by atoms with Gasteiger partial charge in [0.2, 0.25) is 0 Å². The number of hydrogen-bond acceptors (Lipinski definition) is 3. The third-order valence-corrected chi connectivity index (χ3v) is 5.95. The molecule has 2 N–H and O–H groups in total. The van der Waals surface area contributed by atoms with Crippen LogP contribution in [0.25, 0.3) is 0 Å². The average Bonchev–Trinajstić information content (AvgIpc) is 2.47. The number of nitrogens with two attached hydrogens (primary N) is 1. The fourth-order valence-corrected chi connectivity index (χ4v) is 4.59. The molecule has 106 valence electrons. The van der Waals surface area contributed by atoms with E-state index < -0.39 is 10.8 Å². The van der Waals surface area contributed by atoms with Gasteiger partial charge in [-0.1, -0.05) is 25.5 Å². The fraction of sp³-hybridized carbons (Fsp3) is 0.600. The van der Waals surface area contributed by atoms with E-state index in [1.54, 1.807) is 7.11 Å². The number of methoxy groups -OCH3 is 1. The molecule has 1 aromatic rings. The van der Waals surface area contributed by atoms with Gasteiger partial charge in [-0.3, -0.25) is 4.21 Å². The zero-order valence-electron chi connectivity index (χ0n) is 11.7. The van der Waals surface area contributed by atoms with E-state index in [0.29, 0.717) is 11.7 Å². The maximum Gasteiger partial charge on any atom is 0.134 e. The van der Waals surface area contributed by atoms with E-state index in [1.807, 2.05) is 24.3 Å². The van der Waals surface area contributed by atoms with Crippen LogP contribution in [0.4, 0.5) is 0 Å². The normalized spacial score (nSPS) is 28.9. The molecule has 0 amide bonds. The molecule has 0 radical (unpaired) electrons. The Balaban J connectivity index is 2.22. The van der Waals surface area contributed by atoms with Gasteiger partial charge in [0, 0.05) is 6.04 Å². The molecule has 0 aliphatic heterocycles. The first-order valence-electron chi connectivity index (χ1n) is 6.96. The standard InChI is InChI=1S/C15H23NO2S/c1-3-11-8-9-12(16)15(10-11)19(17)14-7-5-4-6-13(14)18-2/h4-7,11-12,15H,3,8-10,16H2,1-2H3. The lowest BCUT2D eigenvalue weighted by molar-refractivity contribution is 0.323. The minimum atomic E-state index is -1.08. The topological polar surface area (TPSA) is 52.3 Å². The molecule has 19 heavy (non-hydrogen) atoms. The molecular weight excluding hydrogens is 258 g/mol. The lowest BCUT2D eigenvalue weighted by Gasteiger charge is -2.33. The summed E-state index contributed by atoms with van der Waals surface area (Å²) in [6.45, 7) is 2.20. The highest BCUT2D eigenvalue weighted by atomic mass is 32.2. The van der Waals surface area contributed by atoms with Crippen molar-refractivity contribution < 1.29 is 8.95 Å². The highest BCUT2D eigenvalue weighted by Crippen LogP contribution is 2.33. The van der Waals surface area contributed by atoms with Crippen molar-refractivity contribution in [1.82, 2.24) is 0 Å². The van der Waals surface area contributed by atoms with Gasteiger partial charge in [-0.15, -0.1) is 0 Å². The van der Waals surface area contributed by atoms with Gasteiger partial charge in [-0.05, 0) is 37.3 Å². The summed E-state index contributed by atoms with van der Waals surface area (Å²) in [5.74, 6) is 1.36. The molecule has 2 rings (SSSR count). The van der Waals surface area contributed by atoms with Crippen LogP contribution >= 0.6 is 0 Å². The number of rotatable bonds is 4. The van der Waals surface area contributed by atoms with Crippen molar-refractivity contribution >= 4 is 10.8 Å². The molecule has 3 nitrogen and oxygen atoms in total. The molecule has 0 spiro atoms. The van der Waals surface area contributed by atoms with Crippen LogP contribution in [0.3, 0.4) is 0 Å². The summed E-state index contributed by atoms with van der Waals surface area (Å²) in [7, 11) is 0.533. The highest BCUT2D eigenvalue weighted by molar-refractivity contribution is 7.85. The first-order chi connectivity index (χ1) is 9.17. The van der Waals surface area contributed by atoms with E-state index in [-0.39, 0.29) is 11.3 Å².